The van der Waals surface area contributed by atoms with Crippen molar-refractivity contribution in [1.29, 1.82) is 0 Å². The molecule has 4 fully saturated rings. The van der Waals surface area contributed by atoms with Gasteiger partial charge >= 0.3 is 13.1 Å². The predicted octanol–water partition coefficient (Wildman–Crippen LogP) is 5.67. The second-order valence-corrected chi connectivity index (χ2v) is 14.1. The first-order chi connectivity index (χ1) is 20.0. The molecule has 6 atom stereocenters. The van der Waals surface area contributed by atoms with Gasteiger partial charge in [0.1, 0.15) is 6.61 Å². The average molecular weight is 609 g/mol. The van der Waals surface area contributed by atoms with Crippen LogP contribution >= 0.6 is 12.4 Å². The minimum atomic E-state index is -0.828. The summed E-state index contributed by atoms with van der Waals surface area (Å²) in [7, 11) is -0.504. The zero-order valence-corrected chi connectivity index (χ0v) is 26.8. The molecule has 0 spiro atoms. The van der Waals surface area contributed by atoms with E-state index < -0.39 is 13.2 Å². The summed E-state index contributed by atoms with van der Waals surface area (Å²) < 4.78 is 18.9. The Bertz CT molecular complexity index is 1310. The minimum Gasteiger partial charge on any atom is -0.465 e. The van der Waals surface area contributed by atoms with Crippen LogP contribution in [0.25, 0.3) is 11.1 Å². The molecule has 7 rings (SSSR count). The standard InChI is InChI=1S/C34H45BN2O5.ClH/c1-20(2)16-30(35-41-29-18-21-17-28(33(21,3)4)34(29,5)42-35)37-32(39)27(36)14-15-31(38)40-19-26-24-12-8-6-10-22(24)23-11-7-9-13-25(23)26;/h6-13,20-21,26-30H,14-19,36H2,1-5H3,(H,37,39);1H/t21-,27-,28-,29+,30-,34-;/m0./s1. The normalized spacial score (nSPS) is 27.7. The van der Waals surface area contributed by atoms with Gasteiger partial charge in [-0.25, -0.2) is 0 Å². The maximum atomic E-state index is 13.2. The highest BCUT2D eigenvalue weighted by Crippen LogP contribution is 2.65. The molecule has 2 aromatic rings. The average Bonchev–Trinajstić information content (AvgIpc) is 3.48. The van der Waals surface area contributed by atoms with E-state index in [0.717, 1.165) is 12.8 Å². The fourth-order valence-corrected chi connectivity index (χ4v) is 8.20. The molecule has 2 aromatic carbocycles. The van der Waals surface area contributed by atoms with Crippen molar-refractivity contribution in [2.75, 3.05) is 6.61 Å². The minimum absolute atomic E-state index is 0. The predicted molar refractivity (Wildman–Crippen MR) is 171 cm³/mol. The van der Waals surface area contributed by atoms with Crippen LogP contribution in [0.1, 0.15) is 83.8 Å². The van der Waals surface area contributed by atoms with Gasteiger partial charge in [0.25, 0.3) is 0 Å². The van der Waals surface area contributed by atoms with Gasteiger partial charge < -0.3 is 25.1 Å². The molecule has 1 amide bonds. The van der Waals surface area contributed by atoms with Gasteiger partial charge in [-0.1, -0.05) is 76.2 Å². The van der Waals surface area contributed by atoms with Gasteiger partial charge in [0.2, 0.25) is 5.91 Å². The highest BCUT2D eigenvalue weighted by molar-refractivity contribution is 6.47. The van der Waals surface area contributed by atoms with Crippen molar-refractivity contribution >= 4 is 31.4 Å². The Kier molecular flexibility index (Phi) is 9.08. The number of ether oxygens (including phenoxy) is 1. The largest absolute Gasteiger partial charge is 0.481 e. The number of nitrogens with one attached hydrogen (secondary N) is 1. The van der Waals surface area contributed by atoms with Crippen molar-refractivity contribution < 1.29 is 23.6 Å². The lowest BCUT2D eigenvalue weighted by Gasteiger charge is -2.64. The van der Waals surface area contributed by atoms with Crippen molar-refractivity contribution in [1.82, 2.24) is 5.32 Å². The third-order valence-electron chi connectivity index (χ3n) is 10.7. The number of nitrogens with two attached hydrogens (primary N) is 1. The molecule has 43 heavy (non-hydrogen) atoms. The van der Waals surface area contributed by atoms with Crippen LogP contribution < -0.4 is 11.1 Å². The van der Waals surface area contributed by atoms with Crippen molar-refractivity contribution in [2.45, 2.75) is 96.3 Å². The molecule has 1 saturated heterocycles. The summed E-state index contributed by atoms with van der Waals surface area (Å²) in [4.78, 5) is 26.0. The molecule has 0 aromatic heterocycles. The van der Waals surface area contributed by atoms with Crippen LogP contribution in [-0.4, -0.2) is 49.3 Å². The number of carbonyl (C=O) groups excluding carboxylic acids is 2. The Hall–Kier alpha value is -2.39. The van der Waals surface area contributed by atoms with Crippen LogP contribution in [-0.2, 0) is 23.6 Å². The highest BCUT2D eigenvalue weighted by atomic mass is 35.5. The molecule has 9 heteroatoms. The number of esters is 1. The van der Waals surface area contributed by atoms with Crippen LogP contribution in [0.2, 0.25) is 0 Å². The van der Waals surface area contributed by atoms with E-state index in [1.165, 1.54) is 28.7 Å². The first-order valence-corrected chi connectivity index (χ1v) is 15.7. The molecule has 5 aliphatic rings. The molecule has 3 N–H and O–H groups in total. The fourth-order valence-electron chi connectivity index (χ4n) is 8.20. The van der Waals surface area contributed by atoms with Crippen molar-refractivity contribution in [3.8, 4) is 11.1 Å². The lowest BCUT2D eigenvalue weighted by Crippen LogP contribution is -2.65. The summed E-state index contributed by atoms with van der Waals surface area (Å²) in [6.45, 7) is 11.4. The molecular formula is C34H46BClN2O5. The topological polar surface area (TPSA) is 99.9 Å². The number of amides is 1. The SMILES string of the molecule is CC(C)C[C@H](NC(=O)[C@@H](N)CCC(=O)OCC1c2ccccc2-c2ccccc21)B1O[C@@H]2C[C@@H]3C[C@@H](C3(C)C)[C@]2(C)O1.Cl. The van der Waals surface area contributed by atoms with Crippen LogP contribution in [0.15, 0.2) is 48.5 Å². The molecule has 4 aliphatic carbocycles. The number of carbonyl (C=O) groups is 2. The van der Waals surface area contributed by atoms with E-state index in [1.807, 2.05) is 24.3 Å². The fraction of sp³-hybridized carbons (Fsp3) is 0.588. The number of halogens is 1. The Morgan fingerprint density at radius 1 is 1.05 bits per heavy atom. The van der Waals surface area contributed by atoms with Gasteiger partial charge in [-0.15, -0.1) is 12.4 Å². The molecule has 232 valence electrons. The van der Waals surface area contributed by atoms with E-state index in [4.69, 9.17) is 19.8 Å². The molecule has 3 saturated carbocycles. The molecule has 0 unspecified atom stereocenters. The third-order valence-corrected chi connectivity index (χ3v) is 10.7. The van der Waals surface area contributed by atoms with Gasteiger partial charge in [0.15, 0.2) is 0 Å². The summed E-state index contributed by atoms with van der Waals surface area (Å²) in [6.07, 6.45) is 3.23. The number of rotatable bonds is 10. The lowest BCUT2D eigenvalue weighted by atomic mass is 9.43. The van der Waals surface area contributed by atoms with Gasteiger partial charge in [-0.2, -0.15) is 0 Å². The Labute approximate surface area is 262 Å². The smallest absolute Gasteiger partial charge is 0.465 e. The van der Waals surface area contributed by atoms with Crippen molar-refractivity contribution in [2.24, 2.45) is 28.9 Å². The Morgan fingerprint density at radius 3 is 2.28 bits per heavy atom. The second kappa shape index (κ2) is 12.2. The first kappa shape index (κ1) is 32.0. The molecule has 1 heterocycles. The van der Waals surface area contributed by atoms with E-state index in [0.29, 0.717) is 17.8 Å². The summed E-state index contributed by atoms with van der Waals surface area (Å²) in [5.74, 6) is 0.509. The monoisotopic (exact) mass is 608 g/mol. The third kappa shape index (κ3) is 5.76. The lowest BCUT2D eigenvalue weighted by molar-refractivity contribution is -0.199. The van der Waals surface area contributed by atoms with Crippen molar-refractivity contribution in [3.05, 3.63) is 59.7 Å². The second-order valence-electron chi connectivity index (χ2n) is 14.1. The molecule has 7 nitrogen and oxygen atoms in total. The molecule has 1 aliphatic heterocycles. The zero-order chi connectivity index (χ0) is 29.8. The van der Waals surface area contributed by atoms with Gasteiger partial charge in [-0.05, 0) is 78.0 Å². The van der Waals surface area contributed by atoms with Crippen LogP contribution in [0.5, 0.6) is 0 Å². The number of hydrogen-bond donors (Lipinski definition) is 2. The Morgan fingerprint density at radius 2 is 1.67 bits per heavy atom. The van der Waals surface area contributed by atoms with Gasteiger partial charge in [-0.3, -0.25) is 9.59 Å². The van der Waals surface area contributed by atoms with Crippen LogP contribution in [0.3, 0.4) is 0 Å². The molecule has 0 radical (unpaired) electrons. The first-order valence-electron chi connectivity index (χ1n) is 15.7. The summed E-state index contributed by atoms with van der Waals surface area (Å²) in [6, 6.07) is 15.7. The van der Waals surface area contributed by atoms with E-state index in [2.05, 4.69) is 64.2 Å². The van der Waals surface area contributed by atoms with E-state index >= 15 is 0 Å². The maximum absolute atomic E-state index is 13.2. The Balaban J connectivity index is 0.00000368. The van der Waals surface area contributed by atoms with Crippen LogP contribution in [0, 0.1) is 23.2 Å². The van der Waals surface area contributed by atoms with E-state index in [-0.39, 0.29) is 72.7 Å². The molecular weight excluding hydrogens is 563 g/mol. The highest BCUT2D eigenvalue weighted by Gasteiger charge is 2.68. The van der Waals surface area contributed by atoms with Gasteiger partial charge in [0.05, 0.1) is 23.7 Å². The zero-order valence-electron chi connectivity index (χ0n) is 26.0. The number of benzene rings is 2. The van der Waals surface area contributed by atoms with Crippen LogP contribution in [0.4, 0.5) is 0 Å². The summed E-state index contributed by atoms with van der Waals surface area (Å²) >= 11 is 0. The quantitative estimate of drug-likeness (QED) is 0.266. The van der Waals surface area contributed by atoms with E-state index in [1.54, 1.807) is 0 Å². The summed E-state index contributed by atoms with van der Waals surface area (Å²) in [5.41, 5.74) is 10.9. The maximum Gasteiger partial charge on any atom is 0.481 e. The molecule has 2 bridgehead atoms. The number of fused-ring (bicyclic) bond motifs is 3. The summed E-state index contributed by atoms with van der Waals surface area (Å²) in [5, 5.41) is 3.12. The number of hydrogen-bond acceptors (Lipinski definition) is 6. The van der Waals surface area contributed by atoms with Crippen molar-refractivity contribution in [3.63, 3.8) is 0 Å². The van der Waals surface area contributed by atoms with E-state index in [9.17, 15) is 9.59 Å². The van der Waals surface area contributed by atoms with Gasteiger partial charge in [0, 0.05) is 12.3 Å².